The molecule has 0 unspecified atom stereocenters. The summed E-state index contributed by atoms with van der Waals surface area (Å²) in [5.41, 5.74) is 4.59. The van der Waals surface area contributed by atoms with Crippen LogP contribution in [-0.4, -0.2) is 10.7 Å². The first-order valence-corrected chi connectivity index (χ1v) is 9.46. The first-order valence-electron chi connectivity index (χ1n) is 9.46. The van der Waals surface area contributed by atoms with Crippen LogP contribution in [0.5, 0.6) is 5.75 Å². The van der Waals surface area contributed by atoms with Gasteiger partial charge in [0, 0.05) is 17.5 Å². The highest BCUT2D eigenvalue weighted by Crippen LogP contribution is 2.47. The van der Waals surface area contributed by atoms with Crippen molar-refractivity contribution in [1.29, 1.82) is 0 Å². The minimum absolute atomic E-state index is 0.157. The summed E-state index contributed by atoms with van der Waals surface area (Å²) in [5.74, 6) is 2.28. The number of hydrogen-bond acceptors (Lipinski definition) is 4. The average molecular weight is 358 g/mol. The number of furan rings is 1. The summed E-state index contributed by atoms with van der Waals surface area (Å²) in [6.45, 7) is 4.41. The van der Waals surface area contributed by atoms with Crippen LogP contribution >= 0.6 is 0 Å². The van der Waals surface area contributed by atoms with Crippen molar-refractivity contribution < 1.29 is 9.15 Å². The van der Waals surface area contributed by atoms with Crippen LogP contribution in [0, 0.1) is 0 Å². The highest BCUT2D eigenvalue weighted by Gasteiger charge is 2.41. The highest BCUT2D eigenvalue weighted by atomic mass is 16.5. The van der Waals surface area contributed by atoms with Crippen molar-refractivity contribution in [2.45, 2.75) is 38.5 Å². The van der Waals surface area contributed by atoms with Gasteiger partial charge in [-0.3, -0.25) is 0 Å². The van der Waals surface area contributed by atoms with Crippen LogP contribution in [0.3, 0.4) is 0 Å². The van der Waals surface area contributed by atoms with Crippen LogP contribution in [-0.2, 0) is 0 Å². The summed E-state index contributed by atoms with van der Waals surface area (Å²) in [4.78, 5) is 0. The maximum atomic E-state index is 6.39. The van der Waals surface area contributed by atoms with Crippen molar-refractivity contribution in [3.63, 3.8) is 0 Å². The van der Waals surface area contributed by atoms with Crippen molar-refractivity contribution in [1.82, 2.24) is 5.01 Å². The molecule has 0 saturated carbocycles. The molecule has 0 spiro atoms. The summed E-state index contributed by atoms with van der Waals surface area (Å²) in [6, 6.07) is 21.0. The van der Waals surface area contributed by atoms with Gasteiger partial charge in [0.1, 0.15) is 17.2 Å². The molecule has 3 aromatic rings. The molecule has 4 heteroatoms. The molecule has 0 radical (unpaired) electrons. The Labute approximate surface area is 159 Å². The predicted molar refractivity (Wildman–Crippen MR) is 105 cm³/mol. The van der Waals surface area contributed by atoms with Gasteiger partial charge in [-0.1, -0.05) is 56.3 Å². The standard InChI is InChI=1S/C23H22N2O2/c1-15(2)16-9-11-17(12-10-16)23-25-20(18-6-3-4-7-21(18)27-23)14-19(24-25)22-8-5-13-26-22/h3-13,15,20,23H,14H2,1-2H3/t20-,23-/m1/s1. The Hall–Kier alpha value is -3.01. The topological polar surface area (TPSA) is 38.0 Å². The number of nitrogens with zero attached hydrogens (tertiary/aromatic N) is 2. The van der Waals surface area contributed by atoms with Crippen LogP contribution in [0.2, 0.25) is 0 Å². The Morgan fingerprint density at radius 1 is 1.00 bits per heavy atom. The number of para-hydroxylation sites is 1. The van der Waals surface area contributed by atoms with E-state index in [2.05, 4.69) is 55.3 Å². The van der Waals surface area contributed by atoms with Crippen LogP contribution in [0.4, 0.5) is 0 Å². The molecule has 2 atom stereocenters. The average Bonchev–Trinajstić information content (AvgIpc) is 3.37. The van der Waals surface area contributed by atoms with Gasteiger partial charge in [0.05, 0.1) is 12.3 Å². The zero-order valence-corrected chi connectivity index (χ0v) is 15.5. The van der Waals surface area contributed by atoms with Crippen molar-refractivity contribution >= 4 is 5.71 Å². The predicted octanol–water partition coefficient (Wildman–Crippen LogP) is 5.65. The molecule has 0 fully saturated rings. The maximum Gasteiger partial charge on any atom is 0.213 e. The Balaban J connectivity index is 1.56. The lowest BCUT2D eigenvalue weighted by Crippen LogP contribution is -2.33. The van der Waals surface area contributed by atoms with E-state index >= 15 is 0 Å². The fourth-order valence-electron chi connectivity index (χ4n) is 3.89. The molecule has 3 heterocycles. The summed E-state index contributed by atoms with van der Waals surface area (Å²) < 4.78 is 12.0. The zero-order chi connectivity index (χ0) is 18.4. The molecule has 1 aromatic heterocycles. The Morgan fingerprint density at radius 2 is 1.81 bits per heavy atom. The second-order valence-corrected chi connectivity index (χ2v) is 7.45. The Morgan fingerprint density at radius 3 is 2.56 bits per heavy atom. The van der Waals surface area contributed by atoms with Crippen LogP contribution in [0.25, 0.3) is 0 Å². The van der Waals surface area contributed by atoms with Crippen LogP contribution in [0.15, 0.2) is 76.4 Å². The molecule has 27 heavy (non-hydrogen) atoms. The quantitative estimate of drug-likeness (QED) is 0.607. The molecule has 0 saturated heterocycles. The normalized spacial score (nSPS) is 20.9. The van der Waals surface area contributed by atoms with E-state index < -0.39 is 0 Å². The number of benzene rings is 2. The minimum Gasteiger partial charge on any atom is -0.464 e. The molecule has 4 nitrogen and oxygen atoms in total. The SMILES string of the molecule is CC(C)c1ccc([C@H]2Oc3ccccc3[C@H]3CC(c4ccco4)=NN32)cc1. The molecule has 136 valence electrons. The monoisotopic (exact) mass is 358 g/mol. The molecule has 0 amide bonds. The van der Waals surface area contributed by atoms with E-state index in [1.807, 2.05) is 24.3 Å². The molecule has 5 rings (SSSR count). The minimum atomic E-state index is -0.237. The van der Waals surface area contributed by atoms with Gasteiger partial charge in [0.25, 0.3) is 0 Å². The van der Waals surface area contributed by atoms with E-state index in [1.54, 1.807) is 6.26 Å². The largest absolute Gasteiger partial charge is 0.464 e. The van der Waals surface area contributed by atoms with E-state index in [0.717, 1.165) is 29.2 Å². The molecule has 2 aliphatic heterocycles. The van der Waals surface area contributed by atoms with E-state index in [0.29, 0.717) is 5.92 Å². The van der Waals surface area contributed by atoms with Gasteiger partial charge in [-0.25, -0.2) is 5.01 Å². The third kappa shape index (κ3) is 2.72. The third-order valence-electron chi connectivity index (χ3n) is 5.39. The van der Waals surface area contributed by atoms with E-state index in [1.165, 1.54) is 11.1 Å². The van der Waals surface area contributed by atoms with E-state index in [-0.39, 0.29) is 12.3 Å². The second-order valence-electron chi connectivity index (χ2n) is 7.45. The van der Waals surface area contributed by atoms with Gasteiger partial charge in [-0.2, -0.15) is 5.10 Å². The smallest absolute Gasteiger partial charge is 0.213 e. The maximum absolute atomic E-state index is 6.39. The lowest BCUT2D eigenvalue weighted by molar-refractivity contribution is -0.0190. The highest BCUT2D eigenvalue weighted by molar-refractivity contribution is 5.99. The fourth-order valence-corrected chi connectivity index (χ4v) is 3.89. The molecule has 2 aromatic carbocycles. The van der Waals surface area contributed by atoms with E-state index in [9.17, 15) is 0 Å². The zero-order valence-electron chi connectivity index (χ0n) is 15.5. The van der Waals surface area contributed by atoms with Crippen molar-refractivity contribution in [3.05, 3.63) is 89.4 Å². The second kappa shape index (κ2) is 6.31. The Bertz CT molecular complexity index is 974. The lowest BCUT2D eigenvalue weighted by Gasteiger charge is -2.38. The summed E-state index contributed by atoms with van der Waals surface area (Å²) >= 11 is 0. The molecule has 0 aliphatic carbocycles. The van der Waals surface area contributed by atoms with Crippen molar-refractivity contribution in [2.24, 2.45) is 5.10 Å². The van der Waals surface area contributed by atoms with Gasteiger partial charge in [-0.05, 0) is 29.7 Å². The third-order valence-corrected chi connectivity index (χ3v) is 5.39. The van der Waals surface area contributed by atoms with Gasteiger partial charge in [0.2, 0.25) is 6.23 Å². The first-order chi connectivity index (χ1) is 13.2. The number of hydrogen-bond donors (Lipinski definition) is 0. The van der Waals surface area contributed by atoms with Crippen molar-refractivity contribution in [3.8, 4) is 5.75 Å². The van der Waals surface area contributed by atoms with E-state index in [4.69, 9.17) is 14.3 Å². The first kappa shape index (κ1) is 16.2. The van der Waals surface area contributed by atoms with Crippen molar-refractivity contribution in [2.75, 3.05) is 0 Å². The fraction of sp³-hybridized carbons (Fsp3) is 0.261. The summed E-state index contributed by atoms with van der Waals surface area (Å²) in [5, 5.41) is 6.99. The number of fused-ring (bicyclic) bond motifs is 3. The number of ether oxygens (including phenoxy) is 1. The molecular formula is C23H22N2O2. The lowest BCUT2D eigenvalue weighted by atomic mass is 9.96. The van der Waals surface area contributed by atoms with Gasteiger partial charge in [-0.15, -0.1) is 0 Å². The number of hydrazone groups is 1. The van der Waals surface area contributed by atoms with Gasteiger partial charge in [0.15, 0.2) is 0 Å². The molecule has 0 N–H and O–H groups in total. The molecule has 2 aliphatic rings. The van der Waals surface area contributed by atoms with Gasteiger partial charge >= 0.3 is 0 Å². The summed E-state index contributed by atoms with van der Waals surface area (Å²) in [7, 11) is 0. The Kier molecular flexibility index (Phi) is 3.78. The summed E-state index contributed by atoms with van der Waals surface area (Å²) in [6.07, 6.45) is 2.27. The van der Waals surface area contributed by atoms with Crippen LogP contribution in [0.1, 0.15) is 60.9 Å². The van der Waals surface area contributed by atoms with Gasteiger partial charge < -0.3 is 9.15 Å². The molecular weight excluding hydrogens is 336 g/mol. The molecule has 0 bridgehead atoms. The number of rotatable bonds is 3. The van der Waals surface area contributed by atoms with Crippen LogP contribution < -0.4 is 4.74 Å².